The summed E-state index contributed by atoms with van der Waals surface area (Å²) in [5, 5.41) is 8.86. The Balaban J connectivity index is 3.06. The van der Waals surface area contributed by atoms with Gasteiger partial charge < -0.3 is 14.2 Å². The standard InChI is InChI=1S/C18H21NO5/c1-6-22-16(20)12(2)15(23-17(21)24-18(3,4)5)14-9-7-13(11-19)8-10-14/h7-10,15H,2,6H2,1,3-5H3. The maximum Gasteiger partial charge on any atom is 0.509 e. The Morgan fingerprint density at radius 2 is 1.83 bits per heavy atom. The first-order valence-electron chi connectivity index (χ1n) is 7.43. The molecule has 0 saturated heterocycles. The minimum absolute atomic E-state index is 0.0348. The molecule has 1 aromatic rings. The third kappa shape index (κ3) is 5.76. The number of nitrogens with zero attached hydrogens (tertiary/aromatic N) is 1. The van der Waals surface area contributed by atoms with Gasteiger partial charge in [-0.1, -0.05) is 18.7 Å². The van der Waals surface area contributed by atoms with Crippen LogP contribution in [0.3, 0.4) is 0 Å². The van der Waals surface area contributed by atoms with Crippen LogP contribution in [0.1, 0.15) is 44.9 Å². The van der Waals surface area contributed by atoms with Gasteiger partial charge in [-0.15, -0.1) is 0 Å². The highest BCUT2D eigenvalue weighted by Gasteiger charge is 2.28. The molecule has 0 aliphatic heterocycles. The normalized spacial score (nSPS) is 11.8. The fraction of sp³-hybridized carbons (Fsp3) is 0.389. The van der Waals surface area contributed by atoms with Gasteiger partial charge in [-0.3, -0.25) is 0 Å². The van der Waals surface area contributed by atoms with Gasteiger partial charge in [0.1, 0.15) is 5.60 Å². The minimum atomic E-state index is -1.06. The van der Waals surface area contributed by atoms with Crippen LogP contribution in [0.15, 0.2) is 36.4 Å². The van der Waals surface area contributed by atoms with E-state index in [4.69, 9.17) is 19.5 Å². The van der Waals surface area contributed by atoms with Crippen LogP contribution in [-0.2, 0) is 19.0 Å². The van der Waals surface area contributed by atoms with E-state index in [2.05, 4.69) is 6.58 Å². The molecule has 0 aromatic heterocycles. The molecule has 128 valence electrons. The fourth-order valence-corrected chi connectivity index (χ4v) is 1.77. The Morgan fingerprint density at radius 3 is 2.29 bits per heavy atom. The monoisotopic (exact) mass is 331 g/mol. The quantitative estimate of drug-likeness (QED) is 0.604. The van der Waals surface area contributed by atoms with E-state index in [0.717, 1.165) is 0 Å². The van der Waals surface area contributed by atoms with Gasteiger partial charge in [0, 0.05) is 0 Å². The molecule has 0 heterocycles. The predicted molar refractivity (Wildman–Crippen MR) is 87.0 cm³/mol. The third-order valence-electron chi connectivity index (χ3n) is 2.80. The number of carbonyl (C=O) groups excluding carboxylic acids is 2. The molecule has 6 heteroatoms. The summed E-state index contributed by atoms with van der Waals surface area (Å²) < 4.78 is 15.3. The summed E-state index contributed by atoms with van der Waals surface area (Å²) in [6, 6.07) is 8.26. The van der Waals surface area contributed by atoms with Crippen molar-refractivity contribution in [1.82, 2.24) is 0 Å². The lowest BCUT2D eigenvalue weighted by Crippen LogP contribution is -2.27. The van der Waals surface area contributed by atoms with E-state index in [0.29, 0.717) is 11.1 Å². The van der Waals surface area contributed by atoms with Gasteiger partial charge in [-0.2, -0.15) is 5.26 Å². The molecular formula is C18H21NO5. The average Bonchev–Trinajstić information content (AvgIpc) is 2.50. The van der Waals surface area contributed by atoms with E-state index in [1.807, 2.05) is 6.07 Å². The third-order valence-corrected chi connectivity index (χ3v) is 2.80. The highest BCUT2D eigenvalue weighted by Crippen LogP contribution is 2.27. The Labute approximate surface area is 141 Å². The van der Waals surface area contributed by atoms with Gasteiger partial charge >= 0.3 is 12.1 Å². The van der Waals surface area contributed by atoms with Crippen molar-refractivity contribution in [3.8, 4) is 6.07 Å². The molecule has 0 spiro atoms. The SMILES string of the molecule is C=C(C(=O)OCC)C(OC(=O)OC(C)(C)C)c1ccc(C#N)cc1. The lowest BCUT2D eigenvalue weighted by Gasteiger charge is -2.23. The molecule has 0 N–H and O–H groups in total. The van der Waals surface area contributed by atoms with E-state index >= 15 is 0 Å². The zero-order valence-corrected chi connectivity index (χ0v) is 14.3. The average molecular weight is 331 g/mol. The summed E-state index contributed by atoms with van der Waals surface area (Å²) >= 11 is 0. The van der Waals surface area contributed by atoms with E-state index in [1.54, 1.807) is 52.0 Å². The summed E-state index contributed by atoms with van der Waals surface area (Å²) in [7, 11) is 0. The number of nitriles is 1. The largest absolute Gasteiger partial charge is 0.509 e. The molecule has 0 fully saturated rings. The second-order valence-electron chi connectivity index (χ2n) is 5.94. The van der Waals surface area contributed by atoms with Gasteiger partial charge in [0.2, 0.25) is 0 Å². The number of rotatable bonds is 5. The second kappa shape index (κ2) is 8.16. The number of hydrogen-bond donors (Lipinski definition) is 0. The van der Waals surface area contributed by atoms with Crippen molar-refractivity contribution in [2.24, 2.45) is 0 Å². The Bertz CT molecular complexity index is 649. The van der Waals surface area contributed by atoms with Crippen LogP contribution < -0.4 is 0 Å². The van der Waals surface area contributed by atoms with Crippen molar-refractivity contribution in [3.05, 3.63) is 47.5 Å². The van der Waals surface area contributed by atoms with Crippen LogP contribution in [0, 0.1) is 11.3 Å². The van der Waals surface area contributed by atoms with Crippen LogP contribution in [0.5, 0.6) is 0 Å². The Kier molecular flexibility index (Phi) is 6.54. The number of ether oxygens (including phenoxy) is 3. The molecule has 0 aliphatic carbocycles. The molecule has 24 heavy (non-hydrogen) atoms. The van der Waals surface area contributed by atoms with Crippen LogP contribution in [0.4, 0.5) is 4.79 Å². The molecular weight excluding hydrogens is 310 g/mol. The summed E-state index contributed by atoms with van der Waals surface area (Å²) in [5.41, 5.74) is 0.152. The molecule has 6 nitrogen and oxygen atoms in total. The van der Waals surface area contributed by atoms with Gasteiger partial charge in [0.15, 0.2) is 6.10 Å². The van der Waals surface area contributed by atoms with E-state index in [1.165, 1.54) is 0 Å². The summed E-state index contributed by atoms with van der Waals surface area (Å²) in [5.74, 6) is -0.671. The molecule has 1 aromatic carbocycles. The number of esters is 1. The van der Waals surface area contributed by atoms with E-state index in [-0.39, 0.29) is 12.2 Å². The first-order chi connectivity index (χ1) is 11.2. The van der Waals surface area contributed by atoms with Gasteiger partial charge in [0.25, 0.3) is 0 Å². The summed E-state index contributed by atoms with van der Waals surface area (Å²) in [4.78, 5) is 23.9. The van der Waals surface area contributed by atoms with Crippen LogP contribution in [0.25, 0.3) is 0 Å². The van der Waals surface area contributed by atoms with Crippen molar-refractivity contribution in [2.45, 2.75) is 39.4 Å². The maximum atomic E-state index is 12.0. The van der Waals surface area contributed by atoms with Crippen LogP contribution >= 0.6 is 0 Å². The summed E-state index contributed by atoms with van der Waals surface area (Å²) in [6.07, 6.45) is -1.99. The minimum Gasteiger partial charge on any atom is -0.463 e. The number of hydrogen-bond acceptors (Lipinski definition) is 6. The van der Waals surface area contributed by atoms with Gasteiger partial charge in [-0.25, -0.2) is 9.59 Å². The van der Waals surface area contributed by atoms with Crippen molar-refractivity contribution in [1.29, 1.82) is 5.26 Å². The van der Waals surface area contributed by atoms with Crippen LogP contribution in [0.2, 0.25) is 0 Å². The fourth-order valence-electron chi connectivity index (χ4n) is 1.77. The van der Waals surface area contributed by atoms with Gasteiger partial charge in [0.05, 0.1) is 23.8 Å². The lowest BCUT2D eigenvalue weighted by atomic mass is 10.0. The zero-order chi connectivity index (χ0) is 18.3. The van der Waals surface area contributed by atoms with Crippen molar-refractivity contribution in [2.75, 3.05) is 6.61 Å². The van der Waals surface area contributed by atoms with E-state index < -0.39 is 23.8 Å². The molecule has 1 unspecified atom stereocenters. The molecule has 0 saturated carbocycles. The molecule has 0 bridgehead atoms. The predicted octanol–water partition coefficient (Wildman–Crippen LogP) is 3.67. The molecule has 0 aliphatic rings. The highest BCUT2D eigenvalue weighted by atomic mass is 16.7. The van der Waals surface area contributed by atoms with Crippen molar-refractivity contribution in [3.63, 3.8) is 0 Å². The first-order valence-corrected chi connectivity index (χ1v) is 7.43. The molecule has 1 atom stereocenters. The van der Waals surface area contributed by atoms with Gasteiger partial charge in [-0.05, 0) is 45.4 Å². The van der Waals surface area contributed by atoms with Crippen molar-refractivity contribution < 1.29 is 23.8 Å². The first kappa shape index (κ1) is 19.2. The Hall–Kier alpha value is -2.81. The topological polar surface area (TPSA) is 85.6 Å². The maximum absolute atomic E-state index is 12.0. The molecule has 0 amide bonds. The molecule has 1 rings (SSSR count). The lowest BCUT2D eigenvalue weighted by molar-refractivity contribution is -0.139. The second-order valence-corrected chi connectivity index (χ2v) is 5.94. The van der Waals surface area contributed by atoms with Crippen molar-refractivity contribution >= 4 is 12.1 Å². The smallest absolute Gasteiger partial charge is 0.463 e. The number of benzene rings is 1. The number of carbonyl (C=O) groups is 2. The zero-order valence-electron chi connectivity index (χ0n) is 14.3. The Morgan fingerprint density at radius 1 is 1.25 bits per heavy atom. The summed E-state index contributed by atoms with van der Waals surface area (Å²) in [6.45, 7) is 10.6. The highest BCUT2D eigenvalue weighted by molar-refractivity contribution is 5.89. The molecule has 0 radical (unpaired) electrons. The van der Waals surface area contributed by atoms with E-state index in [9.17, 15) is 9.59 Å². The van der Waals surface area contributed by atoms with Crippen LogP contribution in [-0.4, -0.2) is 24.3 Å².